The first-order chi connectivity index (χ1) is 16.5. The number of hydrogen-bond acceptors (Lipinski definition) is 4. The molecule has 4 aromatic carbocycles. The predicted octanol–water partition coefficient (Wildman–Crippen LogP) is 6.44. The van der Waals surface area contributed by atoms with Crippen molar-refractivity contribution in [3.05, 3.63) is 101 Å². The van der Waals surface area contributed by atoms with Gasteiger partial charge in [0.2, 0.25) is 0 Å². The van der Waals surface area contributed by atoms with Crippen LogP contribution in [0.4, 0.5) is 11.4 Å². The summed E-state index contributed by atoms with van der Waals surface area (Å²) in [5.74, 6) is -0.277. The van der Waals surface area contributed by atoms with Gasteiger partial charge in [-0.2, -0.15) is 0 Å². The lowest BCUT2D eigenvalue weighted by atomic mass is 9.99. The van der Waals surface area contributed by atoms with Crippen LogP contribution < -0.4 is 15.0 Å². The van der Waals surface area contributed by atoms with Gasteiger partial charge < -0.3 is 20.1 Å². The van der Waals surface area contributed by atoms with Gasteiger partial charge in [-0.3, -0.25) is 0 Å². The zero-order valence-electron chi connectivity index (χ0n) is 18.7. The number of rotatable bonds is 6. The highest BCUT2D eigenvalue weighted by atomic mass is 35.5. The first kappa shape index (κ1) is 22.3. The van der Waals surface area contributed by atoms with Crippen LogP contribution in [-0.4, -0.2) is 30.3 Å². The third kappa shape index (κ3) is 4.32. The van der Waals surface area contributed by atoms with Gasteiger partial charge in [-0.25, -0.2) is 4.79 Å². The molecule has 5 nitrogen and oxygen atoms in total. The Morgan fingerprint density at radius 3 is 2.71 bits per heavy atom. The van der Waals surface area contributed by atoms with E-state index in [1.54, 1.807) is 12.1 Å². The normalized spacial score (nSPS) is 16.1. The Morgan fingerprint density at radius 1 is 1.09 bits per heavy atom. The van der Waals surface area contributed by atoms with E-state index in [1.165, 1.54) is 16.3 Å². The van der Waals surface area contributed by atoms with Crippen LogP contribution in [0.5, 0.6) is 5.75 Å². The first-order valence-corrected chi connectivity index (χ1v) is 11.7. The Morgan fingerprint density at radius 2 is 1.85 bits per heavy atom. The molecular formula is C28H25ClN2O3. The number of aromatic carboxylic acids is 1. The van der Waals surface area contributed by atoms with Gasteiger partial charge in [0, 0.05) is 18.3 Å². The number of anilines is 2. The first-order valence-electron chi connectivity index (χ1n) is 11.3. The maximum atomic E-state index is 11.6. The van der Waals surface area contributed by atoms with Crippen molar-refractivity contribution in [3.8, 4) is 5.75 Å². The molecule has 34 heavy (non-hydrogen) atoms. The molecule has 0 bridgehead atoms. The number of fused-ring (bicyclic) bond motifs is 2. The second kappa shape index (κ2) is 9.37. The van der Waals surface area contributed by atoms with Crippen LogP contribution in [0.3, 0.4) is 0 Å². The second-order valence-corrected chi connectivity index (χ2v) is 8.89. The van der Waals surface area contributed by atoms with Crippen LogP contribution in [0.2, 0.25) is 5.02 Å². The van der Waals surface area contributed by atoms with Crippen molar-refractivity contribution in [2.24, 2.45) is 0 Å². The SMILES string of the molecule is C[C@@H](NCC1CN(c2ccc(Cl)c(C(=O)O)c2)c2ccccc2O1)c1cccc2ccccc12. The van der Waals surface area contributed by atoms with E-state index in [0.29, 0.717) is 13.1 Å². The van der Waals surface area contributed by atoms with Crippen LogP contribution in [0, 0.1) is 0 Å². The molecule has 0 aliphatic carbocycles. The summed E-state index contributed by atoms with van der Waals surface area (Å²) < 4.78 is 6.31. The minimum absolute atomic E-state index is 0.0855. The summed E-state index contributed by atoms with van der Waals surface area (Å²) in [6.07, 6.45) is -0.128. The van der Waals surface area contributed by atoms with Gasteiger partial charge >= 0.3 is 5.97 Å². The molecule has 2 atom stereocenters. The van der Waals surface area contributed by atoms with Gasteiger partial charge in [0.25, 0.3) is 0 Å². The molecule has 0 spiro atoms. The summed E-state index contributed by atoms with van der Waals surface area (Å²) in [4.78, 5) is 13.7. The molecule has 1 heterocycles. The molecule has 1 unspecified atom stereocenters. The number of para-hydroxylation sites is 2. The van der Waals surface area contributed by atoms with Crippen LogP contribution in [0.1, 0.15) is 28.9 Å². The van der Waals surface area contributed by atoms with E-state index < -0.39 is 5.97 Å². The van der Waals surface area contributed by atoms with Crippen molar-refractivity contribution in [1.82, 2.24) is 5.32 Å². The second-order valence-electron chi connectivity index (χ2n) is 8.49. The number of benzene rings is 4. The van der Waals surface area contributed by atoms with E-state index in [-0.39, 0.29) is 22.7 Å². The van der Waals surface area contributed by atoms with Gasteiger partial charge in [0.05, 0.1) is 22.8 Å². The molecule has 4 aromatic rings. The summed E-state index contributed by atoms with van der Waals surface area (Å²) in [7, 11) is 0. The van der Waals surface area contributed by atoms with Crippen molar-refractivity contribution in [1.29, 1.82) is 0 Å². The van der Waals surface area contributed by atoms with Gasteiger partial charge in [-0.15, -0.1) is 0 Å². The molecule has 0 saturated carbocycles. The molecule has 0 amide bonds. The largest absolute Gasteiger partial charge is 0.485 e. The van der Waals surface area contributed by atoms with E-state index in [9.17, 15) is 9.90 Å². The summed E-state index contributed by atoms with van der Waals surface area (Å²) in [6.45, 7) is 3.37. The zero-order valence-corrected chi connectivity index (χ0v) is 19.5. The Labute approximate surface area is 203 Å². The maximum absolute atomic E-state index is 11.6. The van der Waals surface area contributed by atoms with E-state index >= 15 is 0 Å². The number of ether oxygens (including phenoxy) is 1. The van der Waals surface area contributed by atoms with Crippen molar-refractivity contribution >= 4 is 39.7 Å². The lowest BCUT2D eigenvalue weighted by Gasteiger charge is -2.37. The molecule has 0 aromatic heterocycles. The molecule has 1 aliphatic rings. The minimum atomic E-state index is -1.05. The quantitative estimate of drug-likeness (QED) is 0.338. The predicted molar refractivity (Wildman–Crippen MR) is 137 cm³/mol. The van der Waals surface area contributed by atoms with Crippen LogP contribution in [0.25, 0.3) is 10.8 Å². The number of carboxylic acids is 1. The molecular weight excluding hydrogens is 448 g/mol. The molecule has 2 N–H and O–H groups in total. The van der Waals surface area contributed by atoms with Gasteiger partial charge in [0.1, 0.15) is 11.9 Å². The summed E-state index contributed by atoms with van der Waals surface area (Å²) >= 11 is 6.11. The van der Waals surface area contributed by atoms with Crippen molar-refractivity contribution in [2.75, 3.05) is 18.0 Å². The fourth-order valence-corrected chi connectivity index (χ4v) is 4.74. The minimum Gasteiger partial charge on any atom is -0.485 e. The Kier molecular flexibility index (Phi) is 6.14. The van der Waals surface area contributed by atoms with E-state index in [0.717, 1.165) is 17.1 Å². The molecule has 0 fully saturated rings. The standard InChI is InChI=1S/C28H25ClN2O3/c1-18(22-10-6-8-19-7-2-3-9-23(19)22)30-16-21-17-31(26-11-4-5-12-27(26)34-21)20-13-14-25(29)24(15-20)28(32)33/h2-15,18,21,30H,16-17H2,1H3,(H,32,33)/t18-,21?/m1/s1. The van der Waals surface area contributed by atoms with Crippen LogP contribution in [-0.2, 0) is 0 Å². The van der Waals surface area contributed by atoms with E-state index in [4.69, 9.17) is 16.3 Å². The highest BCUT2D eigenvalue weighted by molar-refractivity contribution is 6.33. The van der Waals surface area contributed by atoms with Crippen molar-refractivity contribution in [3.63, 3.8) is 0 Å². The molecule has 172 valence electrons. The number of nitrogens with one attached hydrogen (secondary N) is 1. The number of hydrogen-bond donors (Lipinski definition) is 2. The van der Waals surface area contributed by atoms with Crippen LogP contribution in [0.15, 0.2) is 84.9 Å². The van der Waals surface area contributed by atoms with E-state index in [2.05, 4.69) is 59.6 Å². The highest BCUT2D eigenvalue weighted by Crippen LogP contribution is 2.39. The lowest BCUT2D eigenvalue weighted by Crippen LogP contribution is -2.44. The Balaban J connectivity index is 1.39. The highest BCUT2D eigenvalue weighted by Gasteiger charge is 2.28. The summed E-state index contributed by atoms with van der Waals surface area (Å²) in [5.41, 5.74) is 3.00. The monoisotopic (exact) mass is 472 g/mol. The van der Waals surface area contributed by atoms with Crippen molar-refractivity contribution in [2.45, 2.75) is 19.1 Å². The van der Waals surface area contributed by atoms with Crippen molar-refractivity contribution < 1.29 is 14.6 Å². The van der Waals surface area contributed by atoms with E-state index in [1.807, 2.05) is 30.3 Å². The Bertz CT molecular complexity index is 1350. The fraction of sp³-hybridized carbons (Fsp3) is 0.179. The average molecular weight is 473 g/mol. The number of carboxylic acid groups (broad SMARTS) is 1. The summed E-state index contributed by atoms with van der Waals surface area (Å²) in [5, 5.41) is 15.8. The topological polar surface area (TPSA) is 61.8 Å². The molecule has 6 heteroatoms. The Hall–Kier alpha value is -3.54. The van der Waals surface area contributed by atoms with Crippen LogP contribution >= 0.6 is 11.6 Å². The molecule has 0 saturated heterocycles. The number of carbonyl (C=O) groups is 1. The molecule has 0 radical (unpaired) electrons. The zero-order chi connectivity index (χ0) is 23.7. The maximum Gasteiger partial charge on any atom is 0.337 e. The molecule has 1 aliphatic heterocycles. The third-order valence-electron chi connectivity index (χ3n) is 6.27. The smallest absolute Gasteiger partial charge is 0.337 e. The van der Waals surface area contributed by atoms with Gasteiger partial charge in [-0.05, 0) is 53.6 Å². The number of halogens is 1. The third-order valence-corrected chi connectivity index (χ3v) is 6.60. The lowest BCUT2D eigenvalue weighted by molar-refractivity contribution is 0.0697. The van der Waals surface area contributed by atoms with Gasteiger partial charge in [-0.1, -0.05) is 66.2 Å². The number of nitrogens with zero attached hydrogens (tertiary/aromatic N) is 1. The average Bonchev–Trinajstić information content (AvgIpc) is 2.86. The summed E-state index contributed by atoms with van der Waals surface area (Å²) in [6, 6.07) is 27.8. The fourth-order valence-electron chi connectivity index (χ4n) is 4.54. The molecule has 5 rings (SSSR count). The van der Waals surface area contributed by atoms with Gasteiger partial charge in [0.15, 0.2) is 0 Å².